The molecule has 4 nitrogen and oxygen atoms in total. The molecular formula is C20H22Cl4N2O2. The van der Waals surface area contributed by atoms with Crippen LogP contribution < -0.4 is 5.32 Å². The maximum absolute atomic E-state index is 12.3. The van der Waals surface area contributed by atoms with Crippen molar-refractivity contribution < 1.29 is 9.90 Å². The summed E-state index contributed by atoms with van der Waals surface area (Å²) in [5.74, 6) is -0.239. The second-order valence-corrected chi connectivity index (χ2v) is 8.04. The summed E-state index contributed by atoms with van der Waals surface area (Å²) in [6, 6.07) is 12.2. The molecule has 0 radical (unpaired) electrons. The van der Waals surface area contributed by atoms with Crippen molar-refractivity contribution in [1.29, 1.82) is 0 Å². The highest BCUT2D eigenvalue weighted by molar-refractivity contribution is 6.35. The molecule has 1 heterocycles. The van der Waals surface area contributed by atoms with Gasteiger partial charge in [-0.25, -0.2) is 0 Å². The van der Waals surface area contributed by atoms with Crippen molar-refractivity contribution in [3.05, 3.63) is 68.7 Å². The van der Waals surface area contributed by atoms with E-state index in [1.807, 2.05) is 12.1 Å². The Hall–Kier alpha value is -1.01. The minimum atomic E-state index is -0.821. The molecule has 0 aromatic heterocycles. The molecule has 1 amide bonds. The first kappa shape index (κ1) is 23.3. The Morgan fingerprint density at radius 3 is 2.29 bits per heavy atom. The smallest absolute Gasteiger partial charge is 0.252 e. The predicted molar refractivity (Wildman–Crippen MR) is 117 cm³/mol. The first-order valence-electron chi connectivity index (χ1n) is 8.81. The van der Waals surface area contributed by atoms with Crippen molar-refractivity contribution in [2.24, 2.45) is 0 Å². The van der Waals surface area contributed by atoms with Crippen LogP contribution in [0.25, 0.3) is 0 Å². The summed E-state index contributed by atoms with van der Waals surface area (Å²) in [7, 11) is 0. The lowest BCUT2D eigenvalue weighted by Crippen LogP contribution is -2.45. The van der Waals surface area contributed by atoms with Crippen LogP contribution in [0.3, 0.4) is 0 Å². The zero-order chi connectivity index (χ0) is 19.4. The largest absolute Gasteiger partial charge is 0.385 e. The molecule has 8 heteroatoms. The van der Waals surface area contributed by atoms with Crippen LogP contribution in [0, 0.1) is 0 Å². The fourth-order valence-corrected chi connectivity index (χ4v) is 3.79. The predicted octanol–water partition coefficient (Wildman–Crippen LogP) is 4.78. The average molecular weight is 464 g/mol. The van der Waals surface area contributed by atoms with Crippen molar-refractivity contribution in [3.8, 4) is 0 Å². The normalized spacial score (nSPS) is 16.3. The number of halogens is 4. The molecule has 1 fully saturated rings. The fraction of sp³-hybridized carbons (Fsp3) is 0.350. The van der Waals surface area contributed by atoms with Crippen LogP contribution in [0.2, 0.25) is 15.1 Å². The van der Waals surface area contributed by atoms with Gasteiger partial charge in [0.1, 0.15) is 0 Å². The van der Waals surface area contributed by atoms with E-state index in [0.29, 0.717) is 46.6 Å². The van der Waals surface area contributed by atoms with E-state index >= 15 is 0 Å². The molecule has 0 atom stereocenters. The Morgan fingerprint density at radius 2 is 1.64 bits per heavy atom. The van der Waals surface area contributed by atoms with Gasteiger partial charge in [0.2, 0.25) is 0 Å². The quantitative estimate of drug-likeness (QED) is 0.670. The number of likely N-dealkylation sites (tertiary alicyclic amines) is 1. The second-order valence-electron chi connectivity index (χ2n) is 6.76. The van der Waals surface area contributed by atoms with Gasteiger partial charge in [-0.1, -0.05) is 46.9 Å². The monoisotopic (exact) mass is 462 g/mol. The number of piperidine rings is 1. The van der Waals surface area contributed by atoms with Crippen molar-refractivity contribution in [2.45, 2.75) is 18.4 Å². The highest BCUT2D eigenvalue weighted by Crippen LogP contribution is 2.33. The molecule has 2 aromatic rings. The van der Waals surface area contributed by atoms with E-state index in [9.17, 15) is 9.90 Å². The number of nitrogens with zero attached hydrogens (tertiary/aromatic N) is 1. The molecule has 0 aliphatic carbocycles. The molecule has 0 unspecified atom stereocenters. The van der Waals surface area contributed by atoms with Gasteiger partial charge in [0, 0.05) is 36.2 Å². The molecule has 1 aliphatic rings. The Balaban J connectivity index is 0.00000280. The van der Waals surface area contributed by atoms with Crippen LogP contribution in [-0.2, 0) is 5.60 Å². The van der Waals surface area contributed by atoms with Crippen LogP contribution in [-0.4, -0.2) is 42.1 Å². The maximum Gasteiger partial charge on any atom is 0.252 e. The second kappa shape index (κ2) is 10.1. The van der Waals surface area contributed by atoms with E-state index in [-0.39, 0.29) is 18.3 Å². The van der Waals surface area contributed by atoms with E-state index in [4.69, 9.17) is 34.8 Å². The number of rotatable bonds is 5. The molecule has 0 bridgehead atoms. The summed E-state index contributed by atoms with van der Waals surface area (Å²) < 4.78 is 0. The van der Waals surface area contributed by atoms with Gasteiger partial charge >= 0.3 is 0 Å². The zero-order valence-electron chi connectivity index (χ0n) is 15.1. The number of hydrogen-bond donors (Lipinski definition) is 2. The van der Waals surface area contributed by atoms with Gasteiger partial charge < -0.3 is 15.3 Å². The molecule has 2 N–H and O–H groups in total. The minimum Gasteiger partial charge on any atom is -0.385 e. The number of benzene rings is 2. The van der Waals surface area contributed by atoms with Crippen molar-refractivity contribution in [3.63, 3.8) is 0 Å². The van der Waals surface area contributed by atoms with Gasteiger partial charge in [-0.2, -0.15) is 0 Å². The van der Waals surface area contributed by atoms with Crippen LogP contribution in [0.5, 0.6) is 0 Å². The third kappa shape index (κ3) is 5.76. The van der Waals surface area contributed by atoms with E-state index in [1.54, 1.807) is 30.3 Å². The van der Waals surface area contributed by atoms with E-state index in [1.165, 1.54) is 0 Å². The van der Waals surface area contributed by atoms with Crippen molar-refractivity contribution >= 4 is 53.1 Å². The Labute approximate surface area is 186 Å². The van der Waals surface area contributed by atoms with Gasteiger partial charge in [0.15, 0.2) is 0 Å². The van der Waals surface area contributed by atoms with E-state index in [2.05, 4.69) is 10.2 Å². The molecular weight excluding hydrogens is 442 g/mol. The van der Waals surface area contributed by atoms with Crippen molar-refractivity contribution in [2.75, 3.05) is 26.2 Å². The molecule has 1 saturated heterocycles. The lowest BCUT2D eigenvalue weighted by molar-refractivity contribution is -0.0255. The summed E-state index contributed by atoms with van der Waals surface area (Å²) in [5.41, 5.74) is 0.453. The highest BCUT2D eigenvalue weighted by atomic mass is 35.5. The number of hydrogen-bond acceptors (Lipinski definition) is 3. The van der Waals surface area contributed by atoms with Crippen molar-refractivity contribution in [1.82, 2.24) is 10.2 Å². The maximum atomic E-state index is 12.3. The Bertz CT molecular complexity index is 806. The standard InChI is InChI=1S/C20H21Cl3N2O2.ClH/c21-15-3-1-14(2-4-15)20(27)7-10-25(11-8-20)12-9-24-19(26)17-13-16(22)5-6-18(17)23;/h1-6,13,27H,7-12H2,(H,24,26);1H. The fourth-order valence-electron chi connectivity index (χ4n) is 3.29. The molecule has 2 aromatic carbocycles. The summed E-state index contributed by atoms with van der Waals surface area (Å²) in [6.45, 7) is 2.72. The van der Waals surface area contributed by atoms with Gasteiger partial charge in [-0.3, -0.25) is 4.79 Å². The average Bonchev–Trinajstić information content (AvgIpc) is 2.66. The third-order valence-corrected chi connectivity index (χ3v) is 5.77. The number of carbonyl (C=O) groups is 1. The molecule has 28 heavy (non-hydrogen) atoms. The van der Waals surface area contributed by atoms with Crippen LogP contribution in [0.15, 0.2) is 42.5 Å². The number of carbonyl (C=O) groups excluding carboxylic acids is 1. The summed E-state index contributed by atoms with van der Waals surface area (Å²) in [6.07, 6.45) is 1.28. The number of amides is 1. The Morgan fingerprint density at radius 1 is 1.04 bits per heavy atom. The van der Waals surface area contributed by atoms with E-state index in [0.717, 1.165) is 18.7 Å². The van der Waals surface area contributed by atoms with Gasteiger partial charge in [-0.15, -0.1) is 12.4 Å². The van der Waals surface area contributed by atoms with Gasteiger partial charge in [0.05, 0.1) is 16.2 Å². The molecule has 3 rings (SSSR count). The summed E-state index contributed by atoms with van der Waals surface area (Å²) in [5, 5.41) is 15.3. The number of aliphatic hydroxyl groups is 1. The lowest BCUT2D eigenvalue weighted by Gasteiger charge is -2.38. The molecule has 0 spiro atoms. The van der Waals surface area contributed by atoms with Crippen LogP contribution >= 0.6 is 47.2 Å². The van der Waals surface area contributed by atoms with Gasteiger partial charge in [0.25, 0.3) is 5.91 Å². The zero-order valence-corrected chi connectivity index (χ0v) is 18.2. The molecule has 152 valence electrons. The topological polar surface area (TPSA) is 52.6 Å². The number of nitrogens with one attached hydrogen (secondary N) is 1. The third-order valence-electron chi connectivity index (χ3n) is 4.95. The van der Waals surface area contributed by atoms with Crippen LogP contribution in [0.1, 0.15) is 28.8 Å². The lowest BCUT2D eigenvalue weighted by atomic mass is 9.84. The Kier molecular flexibility index (Phi) is 8.44. The molecule has 1 aliphatic heterocycles. The van der Waals surface area contributed by atoms with Crippen LogP contribution in [0.4, 0.5) is 0 Å². The molecule has 0 saturated carbocycles. The first-order valence-corrected chi connectivity index (χ1v) is 9.95. The summed E-state index contributed by atoms with van der Waals surface area (Å²) >= 11 is 17.9. The first-order chi connectivity index (χ1) is 12.9. The summed E-state index contributed by atoms with van der Waals surface area (Å²) in [4.78, 5) is 14.5. The van der Waals surface area contributed by atoms with E-state index < -0.39 is 5.60 Å². The highest BCUT2D eigenvalue weighted by Gasteiger charge is 2.33. The SMILES string of the molecule is Cl.O=C(NCCN1CCC(O)(c2ccc(Cl)cc2)CC1)c1cc(Cl)ccc1Cl. The minimum absolute atomic E-state index is 0. The van der Waals surface area contributed by atoms with Gasteiger partial charge in [-0.05, 0) is 48.7 Å².